The van der Waals surface area contributed by atoms with Crippen LogP contribution >= 0.6 is 11.6 Å². The molecule has 196 valence electrons. The summed E-state index contributed by atoms with van der Waals surface area (Å²) in [4.78, 5) is 27.7. The van der Waals surface area contributed by atoms with Gasteiger partial charge in [-0.25, -0.2) is 8.42 Å². The maximum absolute atomic E-state index is 13.8. The van der Waals surface area contributed by atoms with Crippen LogP contribution in [0.1, 0.15) is 18.1 Å². The maximum Gasteiger partial charge on any atom is 0.264 e. The zero-order chi connectivity index (χ0) is 27.2. The zero-order valence-corrected chi connectivity index (χ0v) is 22.7. The average molecular weight is 544 g/mol. The van der Waals surface area contributed by atoms with Crippen molar-refractivity contribution in [2.75, 3.05) is 25.0 Å². The van der Waals surface area contributed by atoms with Crippen LogP contribution in [0, 0.1) is 6.92 Å². The first kappa shape index (κ1) is 28.0. The minimum Gasteiger partial charge on any atom is -0.495 e. The molecule has 3 rings (SSSR count). The lowest BCUT2D eigenvalue weighted by Crippen LogP contribution is -2.50. The summed E-state index contributed by atoms with van der Waals surface area (Å²) in [7, 11) is -1.28. The van der Waals surface area contributed by atoms with Crippen LogP contribution in [0.3, 0.4) is 0 Å². The summed E-state index contributed by atoms with van der Waals surface area (Å²) in [5.74, 6) is -0.676. The summed E-state index contributed by atoms with van der Waals surface area (Å²) >= 11 is 6.13. The van der Waals surface area contributed by atoms with Gasteiger partial charge in [0.1, 0.15) is 18.3 Å². The zero-order valence-electron chi connectivity index (χ0n) is 21.1. The normalized spacial score (nSPS) is 11.9. The molecule has 0 aliphatic heterocycles. The number of nitrogens with zero attached hydrogens (tertiary/aromatic N) is 2. The first-order valence-corrected chi connectivity index (χ1v) is 13.4. The molecule has 0 saturated carbocycles. The lowest BCUT2D eigenvalue weighted by molar-refractivity contribution is -0.139. The molecule has 8 nitrogen and oxygen atoms in total. The Balaban J connectivity index is 2.07. The second-order valence-electron chi connectivity index (χ2n) is 8.44. The predicted octanol–water partition coefficient (Wildman–Crippen LogP) is 4.02. The van der Waals surface area contributed by atoms with E-state index in [1.54, 1.807) is 67.6 Å². The van der Waals surface area contributed by atoms with Crippen molar-refractivity contribution in [2.45, 2.75) is 31.3 Å². The highest BCUT2D eigenvalue weighted by molar-refractivity contribution is 7.92. The maximum atomic E-state index is 13.8. The number of nitrogens with one attached hydrogen (secondary N) is 1. The molecule has 0 heterocycles. The van der Waals surface area contributed by atoms with Crippen LogP contribution < -0.4 is 14.4 Å². The van der Waals surface area contributed by atoms with Gasteiger partial charge in [-0.05, 0) is 55.8 Å². The van der Waals surface area contributed by atoms with Gasteiger partial charge in [0.2, 0.25) is 11.8 Å². The molecule has 0 bridgehead atoms. The molecule has 10 heteroatoms. The van der Waals surface area contributed by atoms with E-state index in [4.69, 9.17) is 16.3 Å². The van der Waals surface area contributed by atoms with Crippen molar-refractivity contribution in [3.05, 3.63) is 88.9 Å². The number of hydrogen-bond acceptors (Lipinski definition) is 5. The van der Waals surface area contributed by atoms with Crippen molar-refractivity contribution >= 4 is 39.1 Å². The van der Waals surface area contributed by atoms with E-state index >= 15 is 0 Å². The average Bonchev–Trinajstić information content (AvgIpc) is 2.89. The van der Waals surface area contributed by atoms with Crippen molar-refractivity contribution in [2.24, 2.45) is 0 Å². The first-order valence-electron chi connectivity index (χ1n) is 11.6. The highest BCUT2D eigenvalue weighted by Gasteiger charge is 2.33. The number of hydrogen-bond donors (Lipinski definition) is 1. The summed E-state index contributed by atoms with van der Waals surface area (Å²) in [5.41, 5.74) is 1.79. The number of benzene rings is 3. The van der Waals surface area contributed by atoms with Gasteiger partial charge in [-0.2, -0.15) is 0 Å². The molecule has 3 aromatic carbocycles. The van der Waals surface area contributed by atoms with Crippen molar-refractivity contribution in [3.8, 4) is 5.75 Å². The highest BCUT2D eigenvalue weighted by Crippen LogP contribution is 2.32. The van der Waals surface area contributed by atoms with E-state index < -0.39 is 28.5 Å². The summed E-state index contributed by atoms with van der Waals surface area (Å²) < 4.78 is 34.1. The van der Waals surface area contributed by atoms with Gasteiger partial charge in [-0.1, -0.05) is 53.6 Å². The van der Waals surface area contributed by atoms with Crippen LogP contribution in [0.4, 0.5) is 5.69 Å². The van der Waals surface area contributed by atoms with E-state index in [9.17, 15) is 18.0 Å². The number of carbonyl (C=O) groups excluding carboxylic acids is 2. The van der Waals surface area contributed by atoms with Gasteiger partial charge in [0.15, 0.2) is 0 Å². The topological polar surface area (TPSA) is 96.0 Å². The molecule has 2 amide bonds. The molecule has 0 aliphatic rings. The summed E-state index contributed by atoms with van der Waals surface area (Å²) in [6.45, 7) is 2.94. The van der Waals surface area contributed by atoms with E-state index in [0.29, 0.717) is 10.6 Å². The third kappa shape index (κ3) is 6.61. The van der Waals surface area contributed by atoms with E-state index in [1.165, 1.54) is 31.2 Å². The highest BCUT2D eigenvalue weighted by atomic mass is 35.5. The Kier molecular flexibility index (Phi) is 9.18. The molecule has 0 spiro atoms. The fourth-order valence-corrected chi connectivity index (χ4v) is 5.45. The third-order valence-electron chi connectivity index (χ3n) is 5.90. The van der Waals surface area contributed by atoms with Gasteiger partial charge < -0.3 is 15.0 Å². The molecular formula is C27H30ClN3O5S. The molecular weight excluding hydrogens is 514 g/mol. The molecule has 0 aromatic heterocycles. The smallest absolute Gasteiger partial charge is 0.264 e. The van der Waals surface area contributed by atoms with E-state index in [-0.39, 0.29) is 28.8 Å². The number of carbonyl (C=O) groups is 2. The van der Waals surface area contributed by atoms with Crippen LogP contribution in [-0.2, 0) is 26.2 Å². The quantitative estimate of drug-likeness (QED) is 0.417. The first-order chi connectivity index (χ1) is 17.6. The molecule has 0 saturated heterocycles. The van der Waals surface area contributed by atoms with Gasteiger partial charge in [-0.3, -0.25) is 13.9 Å². The molecule has 0 radical (unpaired) electrons. The molecule has 37 heavy (non-hydrogen) atoms. The molecule has 1 N–H and O–H groups in total. The Morgan fingerprint density at radius 1 is 1.03 bits per heavy atom. The minimum atomic E-state index is -4.18. The molecule has 0 aliphatic carbocycles. The van der Waals surface area contributed by atoms with Crippen LogP contribution in [-0.4, -0.2) is 51.9 Å². The lowest BCUT2D eigenvalue weighted by atomic mass is 10.1. The SMILES string of the molecule is CNC(=O)C(C)N(Cc1cccc(Cl)c1)C(=O)CN(c1ccccc1OC)S(=O)(=O)c1ccc(C)cc1. The number of anilines is 1. The van der Waals surface area contributed by atoms with E-state index in [0.717, 1.165) is 9.87 Å². The summed E-state index contributed by atoms with van der Waals surface area (Å²) in [6, 6.07) is 19.0. The number of para-hydroxylation sites is 2. The minimum absolute atomic E-state index is 0.0255. The number of halogens is 1. The fourth-order valence-electron chi connectivity index (χ4n) is 3.81. The second-order valence-corrected chi connectivity index (χ2v) is 10.7. The Morgan fingerprint density at radius 3 is 2.32 bits per heavy atom. The lowest BCUT2D eigenvalue weighted by Gasteiger charge is -2.32. The van der Waals surface area contributed by atoms with Crippen LogP contribution in [0.25, 0.3) is 0 Å². The van der Waals surface area contributed by atoms with Gasteiger partial charge in [0.05, 0.1) is 17.7 Å². The van der Waals surface area contributed by atoms with Gasteiger partial charge in [0.25, 0.3) is 10.0 Å². The Hall–Kier alpha value is -3.56. The fraction of sp³-hybridized carbons (Fsp3) is 0.259. The largest absolute Gasteiger partial charge is 0.495 e. The second kappa shape index (κ2) is 12.1. The van der Waals surface area contributed by atoms with Gasteiger partial charge in [-0.15, -0.1) is 0 Å². The number of aryl methyl sites for hydroxylation is 1. The summed E-state index contributed by atoms with van der Waals surface area (Å²) in [6.07, 6.45) is 0. The van der Waals surface area contributed by atoms with Crippen molar-refractivity contribution < 1.29 is 22.7 Å². The van der Waals surface area contributed by atoms with Crippen LogP contribution in [0.15, 0.2) is 77.7 Å². The van der Waals surface area contributed by atoms with Crippen LogP contribution in [0.5, 0.6) is 5.75 Å². The molecule has 1 unspecified atom stereocenters. The molecule has 0 fully saturated rings. The van der Waals surface area contributed by atoms with Crippen molar-refractivity contribution in [1.29, 1.82) is 0 Å². The van der Waals surface area contributed by atoms with E-state index in [1.807, 2.05) is 6.92 Å². The third-order valence-corrected chi connectivity index (χ3v) is 7.91. The number of likely N-dealkylation sites (N-methyl/N-ethyl adjacent to an activating group) is 1. The van der Waals surface area contributed by atoms with Gasteiger partial charge >= 0.3 is 0 Å². The number of amides is 2. The Labute approximate surface area is 222 Å². The molecule has 1 atom stereocenters. The monoisotopic (exact) mass is 543 g/mol. The van der Waals surface area contributed by atoms with Gasteiger partial charge in [0, 0.05) is 18.6 Å². The number of rotatable bonds is 10. The molecule has 3 aromatic rings. The van der Waals surface area contributed by atoms with Crippen molar-refractivity contribution in [1.82, 2.24) is 10.2 Å². The Morgan fingerprint density at radius 2 is 1.70 bits per heavy atom. The number of sulfonamides is 1. The summed E-state index contributed by atoms with van der Waals surface area (Å²) in [5, 5.41) is 3.03. The number of ether oxygens (including phenoxy) is 1. The predicted molar refractivity (Wildman–Crippen MR) is 144 cm³/mol. The van der Waals surface area contributed by atoms with E-state index in [2.05, 4.69) is 5.32 Å². The Bertz CT molecular complexity index is 1360. The number of methoxy groups -OCH3 is 1. The van der Waals surface area contributed by atoms with Crippen LogP contribution in [0.2, 0.25) is 5.02 Å². The van der Waals surface area contributed by atoms with Crippen molar-refractivity contribution in [3.63, 3.8) is 0 Å². The standard InChI is InChI=1S/C27H30ClN3O5S/c1-19-12-14-23(15-13-19)37(34,35)31(24-10-5-6-11-25(24)36-4)18-26(32)30(20(2)27(33)29-3)17-21-8-7-9-22(28)16-21/h5-16,20H,17-18H2,1-4H3,(H,29,33).